The molecule has 4 rings (SSSR count). The molecule has 0 fully saturated rings. The Labute approximate surface area is 128 Å². The number of benzene rings is 1. The van der Waals surface area contributed by atoms with E-state index in [2.05, 4.69) is 48.0 Å². The first-order valence-corrected chi connectivity index (χ1v) is 8.05. The summed E-state index contributed by atoms with van der Waals surface area (Å²) in [7, 11) is 0. The summed E-state index contributed by atoms with van der Waals surface area (Å²) >= 11 is 5.34. The fourth-order valence-electron chi connectivity index (χ4n) is 2.62. The molecule has 1 aromatic carbocycles. The fourth-order valence-corrected chi connectivity index (χ4v) is 4.42. The van der Waals surface area contributed by atoms with Crippen molar-refractivity contribution in [2.24, 2.45) is 0 Å². The van der Waals surface area contributed by atoms with Crippen molar-refractivity contribution in [1.29, 1.82) is 0 Å². The standard InChI is InChI=1S/C14H11BrN4S/c15-11-5-9(4-8-2-1-3-10(8)11)20-14-12-13(17-6-16-12)18-7-19-14/h4-7H,1-3H2,(H,16,17,18,19). The topological polar surface area (TPSA) is 54.5 Å². The molecule has 3 aromatic rings. The van der Waals surface area contributed by atoms with Crippen molar-refractivity contribution >= 4 is 38.9 Å². The van der Waals surface area contributed by atoms with Crippen LogP contribution >= 0.6 is 27.7 Å². The molecule has 0 bridgehead atoms. The Morgan fingerprint density at radius 2 is 2.10 bits per heavy atom. The van der Waals surface area contributed by atoms with E-state index in [-0.39, 0.29) is 0 Å². The van der Waals surface area contributed by atoms with Gasteiger partial charge in [-0.05, 0) is 42.5 Å². The predicted octanol–water partition coefficient (Wildman–Crippen LogP) is 3.76. The SMILES string of the molecule is Brc1cc(Sc2ncnc3nc[nH]c23)cc2c1CCC2. The average Bonchev–Trinajstić information content (AvgIpc) is 3.06. The van der Waals surface area contributed by atoms with Crippen LogP contribution in [0.1, 0.15) is 17.5 Å². The Morgan fingerprint density at radius 3 is 3.05 bits per heavy atom. The molecule has 1 N–H and O–H groups in total. The largest absolute Gasteiger partial charge is 0.341 e. The van der Waals surface area contributed by atoms with Crippen molar-refractivity contribution in [1.82, 2.24) is 19.9 Å². The number of halogens is 1. The maximum Gasteiger partial charge on any atom is 0.181 e. The number of H-pyrrole nitrogens is 1. The molecule has 1 aliphatic rings. The van der Waals surface area contributed by atoms with E-state index in [4.69, 9.17) is 0 Å². The highest BCUT2D eigenvalue weighted by molar-refractivity contribution is 9.10. The zero-order chi connectivity index (χ0) is 13.5. The highest BCUT2D eigenvalue weighted by Gasteiger charge is 2.16. The Balaban J connectivity index is 1.76. The quantitative estimate of drug-likeness (QED) is 0.718. The van der Waals surface area contributed by atoms with Gasteiger partial charge in [0.25, 0.3) is 0 Å². The number of fused-ring (bicyclic) bond motifs is 2. The molecule has 0 unspecified atom stereocenters. The Hall–Kier alpha value is -1.40. The Kier molecular flexibility index (Phi) is 3.00. The van der Waals surface area contributed by atoms with Gasteiger partial charge in [-0.15, -0.1) is 0 Å². The molecular weight excluding hydrogens is 336 g/mol. The van der Waals surface area contributed by atoms with Crippen molar-refractivity contribution in [3.05, 3.63) is 40.4 Å². The van der Waals surface area contributed by atoms with Crippen LogP contribution in [-0.2, 0) is 12.8 Å². The van der Waals surface area contributed by atoms with Gasteiger partial charge in [-0.25, -0.2) is 15.0 Å². The highest BCUT2D eigenvalue weighted by atomic mass is 79.9. The van der Waals surface area contributed by atoms with Crippen LogP contribution in [0.4, 0.5) is 0 Å². The second-order valence-corrected chi connectivity index (χ2v) is 6.69. The molecule has 0 amide bonds. The van der Waals surface area contributed by atoms with Crippen LogP contribution in [-0.4, -0.2) is 19.9 Å². The summed E-state index contributed by atoms with van der Waals surface area (Å²) in [6.45, 7) is 0. The zero-order valence-corrected chi connectivity index (χ0v) is 13.0. The van der Waals surface area contributed by atoms with Gasteiger partial charge in [0.1, 0.15) is 16.9 Å². The molecule has 0 saturated carbocycles. The van der Waals surface area contributed by atoms with Crippen molar-refractivity contribution in [3.8, 4) is 0 Å². The number of hydrogen-bond donors (Lipinski definition) is 1. The molecule has 0 aliphatic heterocycles. The first kappa shape index (κ1) is 12.3. The van der Waals surface area contributed by atoms with E-state index in [1.807, 2.05) is 0 Å². The van der Waals surface area contributed by atoms with Gasteiger partial charge >= 0.3 is 0 Å². The van der Waals surface area contributed by atoms with Crippen LogP contribution in [0, 0.1) is 0 Å². The number of aryl methyl sites for hydroxylation is 1. The molecule has 6 heteroatoms. The second kappa shape index (κ2) is 4.86. The van der Waals surface area contributed by atoms with Crippen molar-refractivity contribution < 1.29 is 0 Å². The molecule has 20 heavy (non-hydrogen) atoms. The van der Waals surface area contributed by atoms with Crippen molar-refractivity contribution in [2.75, 3.05) is 0 Å². The van der Waals surface area contributed by atoms with Gasteiger partial charge < -0.3 is 4.98 Å². The first-order valence-electron chi connectivity index (χ1n) is 6.44. The molecule has 2 heterocycles. The zero-order valence-electron chi connectivity index (χ0n) is 10.6. The molecule has 100 valence electrons. The van der Waals surface area contributed by atoms with E-state index in [1.165, 1.54) is 39.8 Å². The number of hydrogen-bond acceptors (Lipinski definition) is 4. The lowest BCUT2D eigenvalue weighted by atomic mass is 10.1. The number of aromatic nitrogens is 4. The monoisotopic (exact) mass is 346 g/mol. The maximum absolute atomic E-state index is 4.36. The van der Waals surface area contributed by atoms with E-state index >= 15 is 0 Å². The van der Waals surface area contributed by atoms with E-state index < -0.39 is 0 Å². The van der Waals surface area contributed by atoms with Crippen molar-refractivity contribution in [3.63, 3.8) is 0 Å². The number of nitrogens with zero attached hydrogens (tertiary/aromatic N) is 3. The van der Waals surface area contributed by atoms with E-state index in [1.54, 1.807) is 24.4 Å². The number of nitrogens with one attached hydrogen (secondary N) is 1. The first-order chi connectivity index (χ1) is 9.81. The molecule has 2 aromatic heterocycles. The predicted molar refractivity (Wildman–Crippen MR) is 82.0 cm³/mol. The highest BCUT2D eigenvalue weighted by Crippen LogP contribution is 2.37. The summed E-state index contributed by atoms with van der Waals surface area (Å²) in [6, 6.07) is 4.46. The molecule has 0 saturated heterocycles. The maximum atomic E-state index is 4.36. The Morgan fingerprint density at radius 1 is 1.15 bits per heavy atom. The van der Waals surface area contributed by atoms with Gasteiger partial charge in [0.05, 0.1) is 6.33 Å². The summed E-state index contributed by atoms with van der Waals surface area (Å²) in [4.78, 5) is 17.0. The summed E-state index contributed by atoms with van der Waals surface area (Å²) in [5.74, 6) is 0. The third-order valence-electron chi connectivity index (χ3n) is 3.54. The number of rotatable bonds is 2. The number of imidazole rings is 1. The normalized spacial score (nSPS) is 13.8. The number of aromatic amines is 1. The molecule has 0 radical (unpaired) electrons. The third-order valence-corrected chi connectivity index (χ3v) is 5.22. The fraction of sp³-hybridized carbons (Fsp3) is 0.214. The van der Waals surface area contributed by atoms with Crippen LogP contribution in [0.25, 0.3) is 11.2 Å². The lowest BCUT2D eigenvalue weighted by Crippen LogP contribution is -1.88. The summed E-state index contributed by atoms with van der Waals surface area (Å²) < 4.78 is 1.21. The average molecular weight is 347 g/mol. The molecule has 4 nitrogen and oxygen atoms in total. The van der Waals surface area contributed by atoms with Gasteiger partial charge in [0.15, 0.2) is 5.65 Å². The summed E-state index contributed by atoms with van der Waals surface area (Å²) in [5.41, 5.74) is 4.53. The van der Waals surface area contributed by atoms with Gasteiger partial charge in [-0.1, -0.05) is 27.7 Å². The van der Waals surface area contributed by atoms with Crippen LogP contribution in [0.2, 0.25) is 0 Å². The van der Waals surface area contributed by atoms with Crippen LogP contribution in [0.15, 0.2) is 39.2 Å². The smallest absolute Gasteiger partial charge is 0.181 e. The lowest BCUT2D eigenvalue weighted by molar-refractivity contribution is 0.910. The molecule has 0 atom stereocenters. The lowest BCUT2D eigenvalue weighted by Gasteiger charge is -2.07. The summed E-state index contributed by atoms with van der Waals surface area (Å²) in [6.07, 6.45) is 6.82. The molecule has 0 spiro atoms. The van der Waals surface area contributed by atoms with Crippen LogP contribution in [0.3, 0.4) is 0 Å². The van der Waals surface area contributed by atoms with Crippen LogP contribution < -0.4 is 0 Å². The van der Waals surface area contributed by atoms with Crippen molar-refractivity contribution in [2.45, 2.75) is 29.2 Å². The minimum Gasteiger partial charge on any atom is -0.341 e. The van der Waals surface area contributed by atoms with Crippen LogP contribution in [0.5, 0.6) is 0 Å². The van der Waals surface area contributed by atoms with Gasteiger partial charge in [-0.2, -0.15) is 0 Å². The minimum atomic E-state index is 0.711. The van der Waals surface area contributed by atoms with E-state index in [9.17, 15) is 0 Å². The van der Waals surface area contributed by atoms with Gasteiger partial charge in [0, 0.05) is 9.37 Å². The third kappa shape index (κ3) is 2.03. The minimum absolute atomic E-state index is 0.711. The Bertz CT molecular complexity index is 799. The summed E-state index contributed by atoms with van der Waals surface area (Å²) in [5, 5.41) is 0.914. The van der Waals surface area contributed by atoms with Gasteiger partial charge in [0.2, 0.25) is 0 Å². The van der Waals surface area contributed by atoms with E-state index in [0.717, 1.165) is 10.5 Å². The van der Waals surface area contributed by atoms with Gasteiger partial charge in [-0.3, -0.25) is 0 Å². The second-order valence-electron chi connectivity index (χ2n) is 4.78. The molecular formula is C14H11BrN4S. The van der Waals surface area contributed by atoms with E-state index in [0.29, 0.717) is 5.65 Å². The molecule has 1 aliphatic carbocycles.